The summed E-state index contributed by atoms with van der Waals surface area (Å²) in [5, 5.41) is 1.80. The Labute approximate surface area is 141 Å². The molecule has 1 nitrogen and oxygen atoms in total. The van der Waals surface area contributed by atoms with Crippen LogP contribution >= 0.6 is 0 Å². The highest BCUT2D eigenvalue weighted by Crippen LogP contribution is 2.31. The number of fused-ring (bicyclic) bond motifs is 1. The number of benzene rings is 2. The Morgan fingerprint density at radius 2 is 1.95 bits per heavy atom. The molecule has 0 amide bonds. The summed E-state index contributed by atoms with van der Waals surface area (Å²) in [5.41, 5.74) is 3.57. The first-order chi connectivity index (χ1) is 12.8. The quantitative estimate of drug-likeness (QED) is 0.597. The number of aromatic nitrogens is 1. The van der Waals surface area contributed by atoms with Crippen LogP contribution in [0.15, 0.2) is 42.6 Å². The Balaban J connectivity index is 2.50. The second-order valence-corrected chi connectivity index (χ2v) is 5.72. The van der Waals surface area contributed by atoms with Crippen molar-refractivity contribution < 1.29 is 12.8 Å². The van der Waals surface area contributed by atoms with Crippen molar-refractivity contribution in [2.45, 2.75) is 34.0 Å². The lowest BCUT2D eigenvalue weighted by Crippen LogP contribution is -2.30. The Morgan fingerprint density at radius 1 is 1.14 bits per heavy atom. The van der Waals surface area contributed by atoms with Crippen LogP contribution in [0.5, 0.6) is 0 Å². The summed E-state index contributed by atoms with van der Waals surface area (Å²) in [6, 6.07) is 10.8. The molecule has 22 heavy (non-hydrogen) atoms. The Bertz CT molecular complexity index is 1080. The van der Waals surface area contributed by atoms with Gasteiger partial charge in [-0.2, -0.15) is 0 Å². The molecule has 0 unspecified atom stereocenters. The lowest BCUT2D eigenvalue weighted by Gasteiger charge is -2.12. The monoisotopic (exact) mass is 296 g/mol. The van der Waals surface area contributed by atoms with E-state index in [0.29, 0.717) is 22.9 Å². The maximum Gasteiger partial charge on any atom is 0.220 e. The van der Waals surface area contributed by atoms with Gasteiger partial charge in [0.1, 0.15) is 8.42 Å². The minimum atomic E-state index is -2.36. The molecular weight excluding hydrogens is 266 g/mol. The summed E-state index contributed by atoms with van der Waals surface area (Å²) in [6.45, 7) is 2.88. The van der Waals surface area contributed by atoms with Gasteiger partial charge >= 0.3 is 0 Å². The van der Waals surface area contributed by atoms with Gasteiger partial charge in [0.15, 0.2) is 6.17 Å². The smallest absolute Gasteiger partial charge is 0.200 e. The van der Waals surface area contributed by atoms with E-state index in [4.69, 9.17) is 8.22 Å². The average molecular weight is 296 g/mol. The van der Waals surface area contributed by atoms with Crippen molar-refractivity contribution in [1.29, 1.82) is 0 Å². The minimum absolute atomic E-state index is 0.101. The number of rotatable bonds is 2. The predicted octanol–water partition coefficient (Wildman–Crippen LogP) is 4.82. The molecule has 1 heterocycles. The molecule has 0 aliphatic heterocycles. The van der Waals surface area contributed by atoms with Gasteiger partial charge in [0, 0.05) is 12.9 Å². The number of aryl methyl sites for hydroxylation is 3. The zero-order valence-corrected chi connectivity index (χ0v) is 13.4. The second kappa shape index (κ2) is 5.57. The summed E-state index contributed by atoms with van der Waals surface area (Å²) in [7, 11) is 1.78. The third-order valence-corrected chi connectivity index (χ3v) is 4.14. The summed E-state index contributed by atoms with van der Waals surface area (Å²) >= 11 is 0. The van der Waals surface area contributed by atoms with E-state index in [1.165, 1.54) is 13.0 Å². The van der Waals surface area contributed by atoms with E-state index in [-0.39, 0.29) is 5.56 Å². The summed E-state index contributed by atoms with van der Waals surface area (Å²) in [4.78, 5) is 0. The summed E-state index contributed by atoms with van der Waals surface area (Å²) < 4.78 is 50.1. The van der Waals surface area contributed by atoms with Crippen LogP contribution in [0, 0.1) is 20.7 Å². The lowest BCUT2D eigenvalue weighted by molar-refractivity contribution is -0.659. The van der Waals surface area contributed by atoms with E-state index in [2.05, 4.69) is 0 Å². The lowest BCUT2D eigenvalue weighted by atomic mass is 9.93. The van der Waals surface area contributed by atoms with Crippen LogP contribution in [-0.4, -0.2) is 0 Å². The zero-order valence-electron chi connectivity index (χ0n) is 19.4. The van der Waals surface area contributed by atoms with E-state index >= 15 is 0 Å². The van der Waals surface area contributed by atoms with E-state index in [0.717, 1.165) is 22.0 Å². The van der Waals surface area contributed by atoms with Gasteiger partial charge in [-0.1, -0.05) is 30.7 Å². The standard InChI is InChI=1S/C21H24N/c1-6-17-12-15(3)13-20(16(17)4)21-19-8-7-14(2)11-18(19)9-10-22(21)5/h7-13H,6H2,1-5H3/q+1/i3D3,6D2,10D. The van der Waals surface area contributed by atoms with Gasteiger partial charge in [-0.15, -0.1) is 0 Å². The number of hydrogen-bond acceptors (Lipinski definition) is 0. The van der Waals surface area contributed by atoms with Gasteiger partial charge in [-0.3, -0.25) is 0 Å². The van der Waals surface area contributed by atoms with E-state index in [1.807, 2.05) is 32.0 Å². The molecule has 0 bridgehead atoms. The molecule has 0 atom stereocenters. The van der Waals surface area contributed by atoms with E-state index in [9.17, 15) is 0 Å². The molecule has 3 aromatic rings. The van der Waals surface area contributed by atoms with Gasteiger partial charge < -0.3 is 0 Å². The fourth-order valence-corrected chi connectivity index (χ4v) is 2.97. The van der Waals surface area contributed by atoms with Crippen LogP contribution in [0.2, 0.25) is 0 Å². The van der Waals surface area contributed by atoms with Crippen LogP contribution in [0.3, 0.4) is 0 Å². The van der Waals surface area contributed by atoms with Gasteiger partial charge in [0.05, 0.1) is 10.9 Å². The second-order valence-electron chi connectivity index (χ2n) is 5.72. The number of nitrogens with zero attached hydrogens (tertiary/aromatic N) is 1. The highest BCUT2D eigenvalue weighted by molar-refractivity contribution is 5.94. The fraction of sp³-hybridized carbons (Fsp3) is 0.286. The molecule has 1 aromatic heterocycles. The van der Waals surface area contributed by atoms with Gasteiger partial charge in [0.25, 0.3) is 0 Å². The third kappa shape index (κ3) is 2.41. The number of pyridine rings is 1. The molecule has 2 aromatic carbocycles. The molecule has 0 saturated heterocycles. The summed E-state index contributed by atoms with van der Waals surface area (Å²) in [5.74, 6) is 0. The first kappa shape index (κ1) is 9.09. The highest BCUT2D eigenvalue weighted by Gasteiger charge is 2.18. The van der Waals surface area contributed by atoms with Gasteiger partial charge in [-0.05, 0) is 61.3 Å². The first-order valence-corrected chi connectivity index (χ1v) is 7.36. The maximum atomic E-state index is 8.36. The molecule has 0 N–H and O–H groups in total. The van der Waals surface area contributed by atoms with E-state index in [1.54, 1.807) is 23.7 Å². The molecule has 0 fully saturated rings. The largest absolute Gasteiger partial charge is 0.220 e. The van der Waals surface area contributed by atoms with Crippen LogP contribution < -0.4 is 4.57 Å². The topological polar surface area (TPSA) is 3.88 Å². The van der Waals surface area contributed by atoms with Gasteiger partial charge in [0.2, 0.25) is 5.69 Å². The highest BCUT2D eigenvalue weighted by atomic mass is 14.9. The normalized spacial score (nSPS) is 16.4. The molecule has 112 valence electrons. The molecular formula is C21H24N+. The molecule has 3 rings (SSSR count). The fourth-order valence-electron chi connectivity index (χ4n) is 2.97. The van der Waals surface area contributed by atoms with Crippen molar-refractivity contribution >= 4 is 10.8 Å². The van der Waals surface area contributed by atoms with Gasteiger partial charge in [-0.25, -0.2) is 4.57 Å². The van der Waals surface area contributed by atoms with Crippen molar-refractivity contribution in [3.05, 3.63) is 64.8 Å². The Hall–Kier alpha value is -2.15. The SMILES string of the molecule is [2H]c1cc2cc(C)ccc2c(-c2cc(C([2H])([2H])[2H])cc(C([2H])([2H])C)c2C)[n+]1C. The number of hydrogen-bond donors (Lipinski definition) is 0. The molecule has 0 radical (unpaired) electrons. The summed E-state index contributed by atoms with van der Waals surface area (Å²) in [6.07, 6.45) is -1.39. The molecule has 0 aliphatic carbocycles. The molecule has 0 saturated carbocycles. The van der Waals surface area contributed by atoms with Crippen LogP contribution in [0.1, 0.15) is 37.4 Å². The van der Waals surface area contributed by atoms with Crippen molar-refractivity contribution in [1.82, 2.24) is 0 Å². The predicted molar refractivity (Wildman–Crippen MR) is 94.1 cm³/mol. The van der Waals surface area contributed by atoms with Crippen molar-refractivity contribution in [3.8, 4) is 11.3 Å². The van der Waals surface area contributed by atoms with E-state index < -0.39 is 13.2 Å². The molecule has 1 heteroatoms. The maximum absolute atomic E-state index is 8.36. The molecule has 0 aliphatic rings. The Morgan fingerprint density at radius 3 is 2.68 bits per heavy atom. The molecule has 0 spiro atoms. The zero-order chi connectivity index (χ0) is 21.0. The van der Waals surface area contributed by atoms with Crippen LogP contribution in [0.25, 0.3) is 22.0 Å². The minimum Gasteiger partial charge on any atom is -0.200 e. The van der Waals surface area contributed by atoms with Crippen molar-refractivity contribution in [2.24, 2.45) is 7.05 Å². The Kier molecular flexibility index (Phi) is 2.30. The average Bonchev–Trinajstić information content (AvgIpc) is 2.55. The van der Waals surface area contributed by atoms with Crippen molar-refractivity contribution in [2.75, 3.05) is 0 Å². The van der Waals surface area contributed by atoms with Crippen LogP contribution in [-0.2, 0) is 13.4 Å². The van der Waals surface area contributed by atoms with Crippen molar-refractivity contribution in [3.63, 3.8) is 0 Å². The van der Waals surface area contributed by atoms with Crippen LogP contribution in [0.4, 0.5) is 0 Å². The third-order valence-electron chi connectivity index (χ3n) is 4.14. The first-order valence-electron chi connectivity index (χ1n) is 10.4.